The van der Waals surface area contributed by atoms with Gasteiger partial charge >= 0.3 is 29.6 Å². The van der Waals surface area contributed by atoms with Gasteiger partial charge in [-0.25, -0.2) is 33.7 Å². The molecule has 0 amide bonds. The van der Waals surface area contributed by atoms with E-state index in [1.807, 2.05) is 0 Å². The molecule has 0 aromatic heterocycles. The first kappa shape index (κ1) is 93.5. The summed E-state index contributed by atoms with van der Waals surface area (Å²) >= 11 is 7.89. The number of aliphatic hydroxyl groups excluding tert-OH is 8. The van der Waals surface area contributed by atoms with Gasteiger partial charge < -0.3 is 158 Å². The number of carbonyl (C=O) groups excluding carboxylic acids is 3. The SMILES string of the molecule is CO[C@@H]1C(COS(=O)(=O)[O-])O[C@H](O[C@@H]2C(C(=O)[O-])O[C@@H](O[C@@H]3C(O)[C@H](C=O)O[C@@H]3COS(=O)(=O)[O-])C(O)[C@H]2O)C(C)[C@H]1O.CO[C@@H]1C(COS(=O)(=O)[O-])O[C@H](O[C@@H]2C(C(=O)[O-])O[C@@H](O[C@@H]3C(O)[C@H](CCCCS)O[C@@H]3COS(=O)(=O)[O-])C(O)[C@H]2O)C(C)[C@H]1O.NCCS.[B].[C-]#N.[Na+]. The number of ether oxygens (including phenoxy) is 12. The first-order chi connectivity index (χ1) is 44.2. The third-order valence-corrected chi connectivity index (χ3v) is 17.0. The van der Waals surface area contributed by atoms with Gasteiger partial charge in [-0.15, -0.1) is 0 Å². The number of hydrogen-bond acceptors (Lipinski definition) is 45. The largest absolute Gasteiger partial charge is 1.00 e. The van der Waals surface area contributed by atoms with Crippen LogP contribution in [-0.4, -0.2) is 338 Å². The Labute approximate surface area is 591 Å². The molecule has 0 aromatic rings. The van der Waals surface area contributed by atoms with Crippen LogP contribution in [0, 0.1) is 23.7 Å². The number of thiol groups is 2. The van der Waals surface area contributed by atoms with Crippen LogP contribution in [0.2, 0.25) is 0 Å². The van der Waals surface area contributed by atoms with Gasteiger partial charge in [0.1, 0.15) is 116 Å². The number of carbonyl (C=O) groups is 3. The van der Waals surface area contributed by atoms with Gasteiger partial charge in [0, 0.05) is 46.8 Å². The molecule has 0 saturated carbocycles. The van der Waals surface area contributed by atoms with E-state index >= 15 is 0 Å². The van der Waals surface area contributed by atoms with E-state index in [0.29, 0.717) is 25.1 Å². The molecule has 0 spiro atoms. The van der Waals surface area contributed by atoms with Gasteiger partial charge in [0.05, 0.1) is 56.7 Å². The molecule has 6 aliphatic rings. The summed E-state index contributed by atoms with van der Waals surface area (Å²) in [5, 5.41) is 116. The van der Waals surface area contributed by atoms with Crippen LogP contribution in [0.1, 0.15) is 33.1 Å². The minimum absolute atomic E-state index is 0. The molecule has 6 saturated heterocycles. The van der Waals surface area contributed by atoms with Crippen LogP contribution in [0.4, 0.5) is 0 Å². The number of hydrogen-bond donors (Lipinski definition) is 11. The van der Waals surface area contributed by atoms with Crippen molar-refractivity contribution in [3.8, 4) is 0 Å². The number of carboxylic acids is 2. The molecule has 0 bridgehead atoms. The number of carboxylic acid groups (broad SMARTS) is 2. The topological polar surface area (TPSA) is 685 Å². The summed E-state index contributed by atoms with van der Waals surface area (Å²) in [6, 6.07) is 0. The van der Waals surface area contributed by atoms with Crippen LogP contribution in [0.3, 0.4) is 0 Å². The van der Waals surface area contributed by atoms with E-state index < -0.39 is 251 Å². The second-order valence-corrected chi connectivity index (χ2v) is 26.1. The molecule has 3 radical (unpaired) electrons. The molecule has 559 valence electrons. The van der Waals surface area contributed by atoms with Crippen molar-refractivity contribution in [2.45, 2.75) is 193 Å². The summed E-state index contributed by atoms with van der Waals surface area (Å²) in [6.45, 7) is 4.27. The molecule has 43 nitrogen and oxygen atoms in total. The number of rotatable bonds is 30. The van der Waals surface area contributed by atoms with Crippen LogP contribution >= 0.6 is 25.3 Å². The first-order valence-electron chi connectivity index (χ1n) is 27.6. The molecule has 97 heavy (non-hydrogen) atoms. The Kier molecular flexibility index (Phi) is 40.9. The van der Waals surface area contributed by atoms with Gasteiger partial charge in [0.25, 0.3) is 0 Å². The van der Waals surface area contributed by atoms with Crippen LogP contribution < -0.4 is 45.5 Å². The van der Waals surface area contributed by atoms with Gasteiger partial charge in [0.15, 0.2) is 31.4 Å². The van der Waals surface area contributed by atoms with E-state index in [1.165, 1.54) is 13.8 Å². The van der Waals surface area contributed by atoms with Crippen LogP contribution in [0.15, 0.2) is 0 Å². The van der Waals surface area contributed by atoms with Gasteiger partial charge in [-0.05, 0) is 25.0 Å². The van der Waals surface area contributed by atoms with Crippen molar-refractivity contribution in [1.82, 2.24) is 0 Å². The normalized spacial score (nSPS) is 38.4. The fourth-order valence-electron chi connectivity index (χ4n) is 10.1. The molecule has 6 fully saturated rings. The van der Waals surface area contributed by atoms with Crippen molar-refractivity contribution in [3.05, 3.63) is 6.57 Å². The van der Waals surface area contributed by atoms with Crippen molar-refractivity contribution in [2.75, 3.05) is 58.7 Å². The Hall–Kier alpha value is -1.50. The van der Waals surface area contributed by atoms with Crippen molar-refractivity contribution < 1.29 is 220 Å². The summed E-state index contributed by atoms with van der Waals surface area (Å²) in [5.41, 5.74) is 4.95. The minimum Gasteiger partial charge on any atom is -0.726 e. The molecular weight excluding hydrogens is 1460 g/mol. The average Bonchev–Trinajstić information content (AvgIpc) is 1.56. The molecule has 10 N–H and O–H groups in total. The number of nitrogens with two attached hydrogens (primary N) is 1. The van der Waals surface area contributed by atoms with Crippen molar-refractivity contribution in [1.29, 1.82) is 5.26 Å². The summed E-state index contributed by atoms with van der Waals surface area (Å²) in [4.78, 5) is 35.3. The number of methoxy groups -OCH3 is 2. The van der Waals surface area contributed by atoms with E-state index in [4.69, 9.17) is 74.4 Å². The third-order valence-electron chi connectivity index (χ3n) is 14.7. The van der Waals surface area contributed by atoms with E-state index in [2.05, 4.69) is 42.0 Å². The second-order valence-electron chi connectivity index (χ2n) is 21.0. The Balaban J connectivity index is 0.000000881. The quantitative estimate of drug-likeness (QED) is 0.00605. The summed E-state index contributed by atoms with van der Waals surface area (Å²) in [6.07, 6.45) is -43.8. The number of nitrogens with zero attached hydrogens (tertiary/aromatic N) is 1. The van der Waals surface area contributed by atoms with E-state index in [-0.39, 0.29) is 50.7 Å². The maximum Gasteiger partial charge on any atom is 1.00 e. The van der Waals surface area contributed by atoms with E-state index in [9.17, 15) is 117 Å². The Morgan fingerprint density at radius 2 is 0.804 bits per heavy atom. The zero-order valence-electron chi connectivity index (χ0n) is 51.5. The van der Waals surface area contributed by atoms with Gasteiger partial charge in [-0.3, -0.25) is 16.7 Å². The molecule has 10 unspecified atom stereocenters. The smallest absolute Gasteiger partial charge is 0.726 e. The molecule has 51 heteroatoms. The molecule has 0 aromatic carbocycles. The standard InChI is InChI=1S/C23H40O20S3.C20H32O21S2.C2H7NS.CN.B.Na/c1-9-13(24)17(36-2)11(7-37-45(30,31)32)40-22(9)42-19-15(26)16(27)23(43-20(19)21(28)29)41-18-12(8-38-46(33,34)35)39-10(14(18)25)5-3-4-6-44;1-6-10(22)14(34-2)8(4-35-42(28,29)30)38-19(6)40-16-12(24)13(25)20(41-17(16)18(26)27)39-15-9(5-36-43(31,32)33)37-7(3-21)11(15)23;3-1-2-4;1-2;;/h9-20,22-27,44H,3-8H2,1-2H3,(H,28,29)(H,30,31,32)(H,33,34,35);3,6-17,19-20,22-25H,4-5H2,1-2H3,(H,26,27)(H,28,29,30)(H,31,32,33);4H,1-3H2;;;/q;;;-1;;+1/p-6/t9?,10-,11?,12+,13+,14?,15+,16?,17+,18-,19-,20?,22+,23+;6?,7-,8?,9+,10+,11?,12+,13?,14+,15-,16-,17?,19+,20+;;;;/m00..../s1. The molecule has 6 heterocycles. The zero-order chi connectivity index (χ0) is 72.4. The van der Waals surface area contributed by atoms with Crippen LogP contribution in [0.5, 0.6) is 0 Å². The monoisotopic (exact) mass is 1540 g/mol. The summed E-state index contributed by atoms with van der Waals surface area (Å²) in [5.74, 6) is -4.83. The number of aldehydes is 1. The third kappa shape index (κ3) is 27.8. The number of unbranched alkanes of at least 4 members (excludes halogenated alkanes) is 1. The Bertz CT molecular complexity index is 2870. The maximum atomic E-state index is 12.1. The number of aliphatic hydroxyl groups is 8. The van der Waals surface area contributed by atoms with Crippen molar-refractivity contribution >= 4 is 93.5 Å². The van der Waals surface area contributed by atoms with Crippen molar-refractivity contribution in [3.63, 3.8) is 0 Å². The zero-order valence-corrected chi connectivity index (χ0v) is 58.5. The van der Waals surface area contributed by atoms with E-state index in [0.717, 1.165) is 20.0 Å². The fourth-order valence-corrected chi connectivity index (χ4v) is 11.5. The van der Waals surface area contributed by atoms with Gasteiger partial charge in [0.2, 0.25) is 41.6 Å². The predicted octanol–water partition coefficient (Wildman–Crippen LogP) is -15.6. The maximum absolute atomic E-state index is 12.1. The first-order valence-corrected chi connectivity index (χ1v) is 34.2. The minimum atomic E-state index is -5.27. The van der Waals surface area contributed by atoms with Gasteiger partial charge in [-0.2, -0.15) is 25.3 Å². The fraction of sp³-hybridized carbons (Fsp3) is 0.913. The molecular formula is C46H73BN2NaO41S6-6. The molecule has 6 aliphatic heterocycles. The average molecular weight is 1540 g/mol. The predicted molar refractivity (Wildman–Crippen MR) is 299 cm³/mol. The second kappa shape index (κ2) is 42.5. The Morgan fingerprint density at radius 3 is 1.10 bits per heavy atom. The Morgan fingerprint density at radius 1 is 0.485 bits per heavy atom. The molecule has 6 rings (SSSR count). The summed E-state index contributed by atoms with van der Waals surface area (Å²) < 4.78 is 213. The van der Waals surface area contributed by atoms with Crippen molar-refractivity contribution in [2.24, 2.45) is 17.6 Å². The van der Waals surface area contributed by atoms with Crippen LogP contribution in [-0.2, 0) is 130 Å². The van der Waals surface area contributed by atoms with E-state index in [1.54, 1.807) is 0 Å². The summed E-state index contributed by atoms with van der Waals surface area (Å²) in [7, 11) is -18.6. The van der Waals surface area contributed by atoms with Crippen LogP contribution in [0.25, 0.3) is 0 Å². The molecule has 28 atom stereocenters. The van der Waals surface area contributed by atoms with Gasteiger partial charge in [-0.1, -0.05) is 13.8 Å². The number of aliphatic carboxylic acids is 2. The molecule has 0 aliphatic carbocycles.